The zero-order chi connectivity index (χ0) is 26.6. The Morgan fingerprint density at radius 1 is 1.08 bits per heavy atom. The number of halogens is 2. The van der Waals surface area contributed by atoms with Gasteiger partial charge in [-0.25, -0.2) is 14.5 Å². The highest BCUT2D eigenvalue weighted by atomic mass is 32.2. The number of pyridine rings is 1. The van der Waals surface area contributed by atoms with E-state index in [1.807, 2.05) is 47.8 Å². The maximum absolute atomic E-state index is 13.2. The molecule has 5 rings (SSSR count). The molecule has 2 aromatic carbocycles. The molecule has 7 nitrogen and oxygen atoms in total. The van der Waals surface area contributed by atoms with Gasteiger partial charge in [-0.15, -0.1) is 11.3 Å². The van der Waals surface area contributed by atoms with Gasteiger partial charge < -0.3 is 10.1 Å². The van der Waals surface area contributed by atoms with Crippen molar-refractivity contribution in [3.05, 3.63) is 89.4 Å². The smallest absolute Gasteiger partial charge is 0.339 e. The van der Waals surface area contributed by atoms with Gasteiger partial charge >= 0.3 is 5.97 Å². The second-order valence-corrected chi connectivity index (χ2v) is 10.1. The summed E-state index contributed by atoms with van der Waals surface area (Å²) < 4.78 is 32.1. The van der Waals surface area contributed by atoms with Crippen LogP contribution in [-0.4, -0.2) is 39.0 Å². The lowest BCUT2D eigenvalue weighted by atomic mass is 10.1. The van der Waals surface area contributed by atoms with Gasteiger partial charge in [-0.05, 0) is 60.8 Å². The summed E-state index contributed by atoms with van der Waals surface area (Å²) in [6.07, 6.45) is 0. The van der Waals surface area contributed by atoms with Crippen LogP contribution in [0.2, 0.25) is 0 Å². The zero-order valence-electron chi connectivity index (χ0n) is 19.9. The molecule has 0 aliphatic rings. The number of anilines is 1. The first-order valence-electron chi connectivity index (χ1n) is 11.4. The van der Waals surface area contributed by atoms with Gasteiger partial charge in [-0.3, -0.25) is 4.79 Å². The van der Waals surface area contributed by atoms with Gasteiger partial charge in [0.05, 0.1) is 32.9 Å². The van der Waals surface area contributed by atoms with Crippen molar-refractivity contribution in [2.75, 3.05) is 11.9 Å². The van der Waals surface area contributed by atoms with Crippen LogP contribution >= 0.6 is 23.1 Å². The van der Waals surface area contributed by atoms with Gasteiger partial charge in [0.2, 0.25) is 0 Å². The van der Waals surface area contributed by atoms with E-state index in [0.717, 1.165) is 10.6 Å². The normalized spacial score (nSPS) is 11.2. The Morgan fingerprint density at radius 3 is 2.53 bits per heavy atom. The minimum Gasteiger partial charge on any atom is -0.452 e. The lowest BCUT2D eigenvalue weighted by Gasteiger charge is -2.10. The van der Waals surface area contributed by atoms with Gasteiger partial charge in [0.25, 0.3) is 11.7 Å². The Labute approximate surface area is 224 Å². The number of amides is 1. The molecule has 0 unspecified atom stereocenters. The van der Waals surface area contributed by atoms with E-state index in [9.17, 15) is 18.4 Å². The fourth-order valence-electron chi connectivity index (χ4n) is 3.88. The molecule has 192 valence electrons. The number of thioether (sulfide) groups is 1. The van der Waals surface area contributed by atoms with E-state index in [-0.39, 0.29) is 5.56 Å². The summed E-state index contributed by atoms with van der Waals surface area (Å²) in [5.74, 6) is -3.78. The van der Waals surface area contributed by atoms with Crippen LogP contribution < -0.4 is 5.32 Å². The summed E-state index contributed by atoms with van der Waals surface area (Å²) in [6.45, 7) is 1.25. The average molecular weight is 551 g/mol. The fourth-order valence-corrected chi connectivity index (χ4v) is 5.06. The molecule has 3 heterocycles. The minimum absolute atomic E-state index is 0.249. The zero-order valence-corrected chi connectivity index (χ0v) is 21.6. The summed E-state index contributed by atoms with van der Waals surface area (Å²) in [7, 11) is 0. The Balaban J connectivity index is 1.40. The van der Waals surface area contributed by atoms with Gasteiger partial charge in [-0.1, -0.05) is 36.0 Å². The number of nitrogens with one attached hydrogen (secondary N) is 1. The highest BCUT2D eigenvalue weighted by Gasteiger charge is 2.23. The molecule has 0 spiro atoms. The number of aryl methyl sites for hydroxylation is 1. The number of carbonyl (C=O) groups excluding carboxylic acids is 2. The first-order valence-corrected chi connectivity index (χ1v) is 13.2. The van der Waals surface area contributed by atoms with E-state index in [0.29, 0.717) is 44.8 Å². The fraction of sp³-hybridized carbons (Fsp3) is 0.111. The van der Waals surface area contributed by atoms with Crippen LogP contribution in [0.3, 0.4) is 0 Å². The number of aromatic nitrogens is 3. The van der Waals surface area contributed by atoms with Crippen molar-refractivity contribution < 1.29 is 23.1 Å². The Morgan fingerprint density at radius 2 is 1.84 bits per heavy atom. The summed E-state index contributed by atoms with van der Waals surface area (Å²) in [4.78, 5) is 31.7. The molecule has 0 saturated heterocycles. The van der Waals surface area contributed by atoms with Crippen LogP contribution in [0.1, 0.15) is 16.1 Å². The first-order chi connectivity index (χ1) is 18.4. The molecule has 0 atom stereocenters. The number of alkyl halides is 2. The molecule has 0 aliphatic heterocycles. The average Bonchev–Trinajstić information content (AvgIpc) is 3.57. The molecule has 3 aromatic heterocycles. The van der Waals surface area contributed by atoms with E-state index in [1.165, 1.54) is 35.6 Å². The lowest BCUT2D eigenvalue weighted by Crippen LogP contribution is -2.21. The summed E-state index contributed by atoms with van der Waals surface area (Å²) in [6, 6.07) is 20.9. The van der Waals surface area contributed by atoms with E-state index in [4.69, 9.17) is 9.72 Å². The van der Waals surface area contributed by atoms with Crippen LogP contribution in [0.15, 0.2) is 83.1 Å². The standard InChI is InChI=1S/C27H20F2N4O3S2/c1-16-24-20(26(35)36-15-23(34)30-17-9-11-19(12-10-17)38-27(28)29)14-21(22-8-5-13-37-22)31-25(24)33(32-16)18-6-3-2-4-7-18/h2-14,27H,15H2,1H3,(H,30,34). The number of para-hydroxylation sites is 1. The molecule has 0 saturated carbocycles. The highest BCUT2D eigenvalue weighted by Crippen LogP contribution is 2.31. The topological polar surface area (TPSA) is 86.1 Å². The summed E-state index contributed by atoms with van der Waals surface area (Å²) >= 11 is 1.90. The van der Waals surface area contributed by atoms with E-state index >= 15 is 0 Å². The third-order valence-corrected chi connectivity index (χ3v) is 7.12. The van der Waals surface area contributed by atoms with Crippen molar-refractivity contribution in [2.45, 2.75) is 17.6 Å². The van der Waals surface area contributed by atoms with Gasteiger partial charge in [0, 0.05) is 10.6 Å². The highest BCUT2D eigenvalue weighted by molar-refractivity contribution is 7.99. The van der Waals surface area contributed by atoms with Crippen LogP contribution in [0, 0.1) is 6.92 Å². The first kappa shape index (κ1) is 25.6. The van der Waals surface area contributed by atoms with Gasteiger partial charge in [-0.2, -0.15) is 13.9 Å². The SMILES string of the molecule is Cc1nn(-c2ccccc2)c2nc(-c3cccs3)cc(C(=O)OCC(=O)Nc3ccc(SC(F)F)cc3)c12. The van der Waals surface area contributed by atoms with Crippen molar-refractivity contribution in [1.82, 2.24) is 14.8 Å². The van der Waals surface area contributed by atoms with Crippen molar-refractivity contribution >= 4 is 51.7 Å². The summed E-state index contributed by atoms with van der Waals surface area (Å²) in [5.41, 5.74) is 3.11. The quantitative estimate of drug-likeness (QED) is 0.174. The number of thiophene rings is 1. The van der Waals surface area contributed by atoms with E-state index in [1.54, 1.807) is 17.7 Å². The second kappa shape index (κ2) is 11.1. The number of benzene rings is 2. The van der Waals surface area contributed by atoms with Crippen LogP contribution in [0.25, 0.3) is 27.3 Å². The maximum atomic E-state index is 13.2. The number of carbonyl (C=O) groups is 2. The third kappa shape index (κ3) is 5.58. The minimum atomic E-state index is -2.53. The predicted molar refractivity (Wildman–Crippen MR) is 144 cm³/mol. The van der Waals surface area contributed by atoms with Crippen molar-refractivity contribution in [2.24, 2.45) is 0 Å². The largest absolute Gasteiger partial charge is 0.452 e. The molecular weight excluding hydrogens is 530 g/mol. The van der Waals surface area contributed by atoms with Crippen LogP contribution in [-0.2, 0) is 9.53 Å². The van der Waals surface area contributed by atoms with Gasteiger partial charge in [0.1, 0.15) is 0 Å². The number of ether oxygens (including phenoxy) is 1. The molecular formula is C27H20F2N4O3S2. The molecule has 0 fully saturated rings. The molecule has 5 aromatic rings. The number of rotatable bonds is 8. The van der Waals surface area contributed by atoms with Crippen molar-refractivity contribution in [3.8, 4) is 16.3 Å². The van der Waals surface area contributed by atoms with Gasteiger partial charge in [0.15, 0.2) is 12.3 Å². The van der Waals surface area contributed by atoms with Crippen molar-refractivity contribution in [1.29, 1.82) is 0 Å². The van der Waals surface area contributed by atoms with E-state index < -0.39 is 24.2 Å². The molecule has 1 amide bonds. The predicted octanol–water partition coefficient (Wildman–Crippen LogP) is 6.57. The second-order valence-electron chi connectivity index (χ2n) is 8.09. The lowest BCUT2D eigenvalue weighted by molar-refractivity contribution is -0.119. The maximum Gasteiger partial charge on any atom is 0.339 e. The number of hydrogen-bond donors (Lipinski definition) is 1. The number of fused-ring (bicyclic) bond motifs is 1. The van der Waals surface area contributed by atoms with E-state index in [2.05, 4.69) is 10.4 Å². The Bertz CT molecular complexity index is 1590. The molecule has 0 aliphatic carbocycles. The molecule has 0 bridgehead atoms. The Kier molecular flexibility index (Phi) is 7.47. The number of hydrogen-bond acceptors (Lipinski definition) is 7. The molecule has 38 heavy (non-hydrogen) atoms. The summed E-state index contributed by atoms with van der Waals surface area (Å²) in [5, 5.41) is 9.67. The Hall–Kier alpha value is -4.09. The third-order valence-electron chi connectivity index (χ3n) is 5.50. The van der Waals surface area contributed by atoms with Crippen LogP contribution in [0.4, 0.5) is 14.5 Å². The van der Waals surface area contributed by atoms with Crippen LogP contribution in [0.5, 0.6) is 0 Å². The molecule has 1 N–H and O–H groups in total. The number of nitrogens with zero attached hydrogens (tertiary/aromatic N) is 3. The monoisotopic (exact) mass is 550 g/mol. The number of esters is 1. The van der Waals surface area contributed by atoms with Crippen molar-refractivity contribution in [3.63, 3.8) is 0 Å². The molecule has 0 radical (unpaired) electrons. The molecule has 11 heteroatoms.